The Balaban J connectivity index is 2.81. The molecule has 0 aromatic heterocycles. The molecule has 0 aliphatic carbocycles. The summed E-state index contributed by atoms with van der Waals surface area (Å²) in [6, 6.07) is 6.09. The Bertz CT molecular complexity index is 430. The van der Waals surface area contributed by atoms with Crippen LogP contribution in [0.25, 0.3) is 0 Å². The molecule has 0 aliphatic rings. The molecule has 0 atom stereocenters. The highest BCUT2D eigenvalue weighted by Gasteiger charge is 2.06. The smallest absolute Gasteiger partial charge is 0.387 e. The third-order valence-electron chi connectivity index (χ3n) is 2.10. The second-order valence-corrected chi connectivity index (χ2v) is 3.48. The van der Waals surface area contributed by atoms with Gasteiger partial charge in [0.25, 0.3) is 0 Å². The zero-order chi connectivity index (χ0) is 13.5. The van der Waals surface area contributed by atoms with Crippen molar-refractivity contribution in [2.75, 3.05) is 0 Å². The van der Waals surface area contributed by atoms with Gasteiger partial charge < -0.3 is 4.74 Å². The van der Waals surface area contributed by atoms with Crippen molar-refractivity contribution in [3.05, 3.63) is 29.8 Å². The van der Waals surface area contributed by atoms with Gasteiger partial charge >= 0.3 is 6.61 Å². The number of hydrogen-bond donors (Lipinski definition) is 1. The fraction of sp³-hybridized carbons (Fsp3) is 0.333. The molecule has 98 valence electrons. The average molecular weight is 256 g/mol. The number of halogens is 2. The van der Waals surface area contributed by atoms with E-state index in [9.17, 15) is 13.6 Å². The van der Waals surface area contributed by atoms with E-state index in [0.29, 0.717) is 12.1 Å². The number of hydrogen-bond acceptors (Lipinski definition) is 3. The average Bonchev–Trinajstić information content (AvgIpc) is 2.31. The van der Waals surface area contributed by atoms with Gasteiger partial charge in [0.05, 0.1) is 5.71 Å². The van der Waals surface area contributed by atoms with Gasteiger partial charge in [-0.25, -0.2) is 5.43 Å². The van der Waals surface area contributed by atoms with Crippen LogP contribution in [0.2, 0.25) is 0 Å². The highest BCUT2D eigenvalue weighted by Crippen LogP contribution is 2.16. The fourth-order valence-corrected chi connectivity index (χ4v) is 1.32. The Morgan fingerprint density at radius 3 is 2.44 bits per heavy atom. The van der Waals surface area contributed by atoms with Crippen molar-refractivity contribution >= 4 is 11.6 Å². The maximum absolute atomic E-state index is 12.0. The van der Waals surface area contributed by atoms with Crippen LogP contribution in [0.4, 0.5) is 8.78 Å². The second kappa shape index (κ2) is 6.68. The van der Waals surface area contributed by atoms with E-state index in [1.54, 1.807) is 12.1 Å². The molecular formula is C12H14F2N2O2. The molecule has 0 spiro atoms. The van der Waals surface area contributed by atoms with Gasteiger partial charge in [-0.3, -0.25) is 4.79 Å². The topological polar surface area (TPSA) is 50.7 Å². The molecule has 0 bridgehead atoms. The van der Waals surface area contributed by atoms with Crippen LogP contribution in [0, 0.1) is 0 Å². The molecule has 1 aromatic rings. The van der Waals surface area contributed by atoms with E-state index in [0.717, 1.165) is 5.56 Å². The minimum atomic E-state index is -2.84. The maximum Gasteiger partial charge on any atom is 0.387 e. The standard InChI is InChI=1S/C12H14F2N2O2/c1-3-11(16-15-8(2)17)9-4-6-10(7-5-9)18-12(13)14/h4-7,12H,3H2,1-2H3,(H,15,17). The fourth-order valence-electron chi connectivity index (χ4n) is 1.32. The number of carbonyl (C=O) groups is 1. The van der Waals surface area contributed by atoms with Crippen molar-refractivity contribution in [3.63, 3.8) is 0 Å². The van der Waals surface area contributed by atoms with Crippen LogP contribution < -0.4 is 10.2 Å². The molecule has 1 rings (SSSR count). The highest BCUT2D eigenvalue weighted by molar-refractivity contribution is 6.00. The normalized spacial score (nSPS) is 11.5. The first-order valence-electron chi connectivity index (χ1n) is 5.41. The van der Waals surface area contributed by atoms with Crippen molar-refractivity contribution in [2.24, 2.45) is 5.10 Å². The van der Waals surface area contributed by atoms with Gasteiger partial charge in [-0.05, 0) is 36.2 Å². The number of amides is 1. The zero-order valence-electron chi connectivity index (χ0n) is 10.1. The van der Waals surface area contributed by atoms with Gasteiger partial charge in [-0.15, -0.1) is 0 Å². The van der Waals surface area contributed by atoms with Gasteiger partial charge in [-0.1, -0.05) is 6.92 Å². The van der Waals surface area contributed by atoms with Crippen LogP contribution in [-0.2, 0) is 4.79 Å². The number of nitrogens with zero attached hydrogens (tertiary/aromatic N) is 1. The van der Waals surface area contributed by atoms with E-state index in [2.05, 4.69) is 15.3 Å². The predicted molar refractivity (Wildman–Crippen MR) is 63.7 cm³/mol. The molecule has 1 aromatic carbocycles. The number of carbonyl (C=O) groups excluding carboxylic acids is 1. The summed E-state index contributed by atoms with van der Waals surface area (Å²) in [6.45, 7) is 0.398. The summed E-state index contributed by atoms with van der Waals surface area (Å²) in [5.74, 6) is -0.178. The van der Waals surface area contributed by atoms with Crippen LogP contribution in [0.15, 0.2) is 29.4 Å². The largest absolute Gasteiger partial charge is 0.435 e. The van der Waals surface area contributed by atoms with Gasteiger partial charge in [0.1, 0.15) is 5.75 Å². The number of ether oxygens (including phenoxy) is 1. The lowest BCUT2D eigenvalue weighted by Crippen LogP contribution is -2.16. The van der Waals surface area contributed by atoms with Crippen molar-refractivity contribution in [2.45, 2.75) is 26.9 Å². The van der Waals surface area contributed by atoms with E-state index < -0.39 is 6.61 Å². The molecule has 0 unspecified atom stereocenters. The second-order valence-electron chi connectivity index (χ2n) is 3.48. The van der Waals surface area contributed by atoms with Crippen molar-refractivity contribution < 1.29 is 18.3 Å². The van der Waals surface area contributed by atoms with Crippen LogP contribution in [0.1, 0.15) is 25.8 Å². The SMILES string of the molecule is CCC(=NNC(C)=O)c1ccc(OC(F)F)cc1. The molecule has 0 saturated heterocycles. The van der Waals surface area contributed by atoms with E-state index in [4.69, 9.17) is 0 Å². The first-order valence-corrected chi connectivity index (χ1v) is 5.41. The van der Waals surface area contributed by atoms with Crippen LogP contribution in [0.5, 0.6) is 5.75 Å². The predicted octanol–water partition coefficient (Wildman–Crippen LogP) is 2.54. The van der Waals surface area contributed by atoms with Crippen LogP contribution in [-0.4, -0.2) is 18.2 Å². The third-order valence-corrected chi connectivity index (χ3v) is 2.10. The summed E-state index contributed by atoms with van der Waals surface area (Å²) in [5.41, 5.74) is 3.74. The summed E-state index contributed by atoms with van der Waals surface area (Å²) in [4.78, 5) is 10.7. The zero-order valence-corrected chi connectivity index (χ0v) is 10.1. The van der Waals surface area contributed by atoms with Crippen LogP contribution >= 0.6 is 0 Å². The van der Waals surface area contributed by atoms with Crippen LogP contribution in [0.3, 0.4) is 0 Å². The molecule has 0 aliphatic heterocycles. The molecule has 18 heavy (non-hydrogen) atoms. The lowest BCUT2D eigenvalue weighted by molar-refractivity contribution is -0.118. The van der Waals surface area contributed by atoms with Crippen molar-refractivity contribution in [1.82, 2.24) is 5.43 Å². The molecular weight excluding hydrogens is 242 g/mol. The number of nitrogens with one attached hydrogen (secondary N) is 1. The summed E-state index contributed by atoms with van der Waals surface area (Å²) >= 11 is 0. The maximum atomic E-state index is 12.0. The molecule has 4 nitrogen and oxygen atoms in total. The van der Waals surface area contributed by atoms with Gasteiger partial charge in [0.15, 0.2) is 0 Å². The number of benzene rings is 1. The first kappa shape index (κ1) is 14.1. The molecule has 0 fully saturated rings. The minimum Gasteiger partial charge on any atom is -0.435 e. The Hall–Kier alpha value is -1.98. The molecule has 0 radical (unpaired) electrons. The van der Waals surface area contributed by atoms with Gasteiger partial charge in [0, 0.05) is 6.92 Å². The van der Waals surface area contributed by atoms with Gasteiger partial charge in [-0.2, -0.15) is 13.9 Å². The molecule has 1 amide bonds. The number of rotatable bonds is 5. The molecule has 6 heteroatoms. The monoisotopic (exact) mass is 256 g/mol. The number of hydrazone groups is 1. The summed E-state index contributed by atoms with van der Waals surface area (Å²) in [7, 11) is 0. The van der Waals surface area contributed by atoms with E-state index in [1.807, 2.05) is 6.92 Å². The Morgan fingerprint density at radius 1 is 1.39 bits per heavy atom. The van der Waals surface area contributed by atoms with Crippen molar-refractivity contribution in [3.8, 4) is 5.75 Å². The lowest BCUT2D eigenvalue weighted by Gasteiger charge is -2.07. The quantitative estimate of drug-likeness (QED) is 0.650. The summed E-state index contributed by atoms with van der Waals surface area (Å²) < 4.78 is 28.2. The molecule has 0 saturated carbocycles. The first-order chi connectivity index (χ1) is 8.52. The van der Waals surface area contributed by atoms with Crippen molar-refractivity contribution in [1.29, 1.82) is 0 Å². The van der Waals surface area contributed by atoms with Gasteiger partial charge in [0.2, 0.25) is 5.91 Å². The Kier molecular flexibility index (Phi) is 5.23. The summed E-state index contributed by atoms with van der Waals surface area (Å²) in [5, 5.41) is 3.93. The lowest BCUT2D eigenvalue weighted by atomic mass is 10.1. The summed E-state index contributed by atoms with van der Waals surface area (Å²) in [6.07, 6.45) is 0.606. The van der Waals surface area contributed by atoms with E-state index >= 15 is 0 Å². The highest BCUT2D eigenvalue weighted by atomic mass is 19.3. The van der Waals surface area contributed by atoms with E-state index in [-0.39, 0.29) is 11.7 Å². The Morgan fingerprint density at radius 2 is 2.00 bits per heavy atom. The molecule has 0 heterocycles. The molecule has 1 N–H and O–H groups in total. The Labute approximate surface area is 104 Å². The number of alkyl halides is 2. The minimum absolute atomic E-state index is 0.0868. The van der Waals surface area contributed by atoms with E-state index in [1.165, 1.54) is 19.1 Å². The third kappa shape index (κ3) is 4.48.